The van der Waals surface area contributed by atoms with E-state index in [4.69, 9.17) is 9.47 Å². The van der Waals surface area contributed by atoms with Gasteiger partial charge in [0.1, 0.15) is 6.54 Å². The summed E-state index contributed by atoms with van der Waals surface area (Å²) >= 11 is 0. The lowest BCUT2D eigenvalue weighted by Gasteiger charge is -2.33. The van der Waals surface area contributed by atoms with Gasteiger partial charge in [-0.2, -0.15) is 0 Å². The van der Waals surface area contributed by atoms with E-state index < -0.39 is 0 Å². The van der Waals surface area contributed by atoms with Crippen LogP contribution in [0.2, 0.25) is 0 Å². The molecule has 160 valence electrons. The average Bonchev–Trinajstić information content (AvgIpc) is 2.61. The number of carbonyl (C=O) groups is 1. The molecular formula is C18H38IN5O3. The third-order valence-corrected chi connectivity index (χ3v) is 4.14. The molecule has 0 spiro atoms. The average molecular weight is 499 g/mol. The molecule has 9 heteroatoms. The Morgan fingerprint density at radius 2 is 1.93 bits per heavy atom. The summed E-state index contributed by atoms with van der Waals surface area (Å²) in [5, 5.41) is 9.43. The highest BCUT2D eigenvalue weighted by Gasteiger charge is 2.19. The van der Waals surface area contributed by atoms with E-state index in [1.807, 2.05) is 6.92 Å². The normalized spacial score (nSPS) is 16.1. The van der Waals surface area contributed by atoms with Gasteiger partial charge in [-0.1, -0.05) is 0 Å². The van der Waals surface area contributed by atoms with Crippen LogP contribution in [0, 0.1) is 0 Å². The Morgan fingerprint density at radius 3 is 2.52 bits per heavy atom. The molecule has 1 saturated heterocycles. The first-order valence-electron chi connectivity index (χ1n) is 9.69. The lowest BCUT2D eigenvalue weighted by molar-refractivity contribution is -0.119. The molecule has 27 heavy (non-hydrogen) atoms. The SMILES string of the molecule is CCNC(=NCC(=O)NCCOC)NC1CCN(CCOC(C)C)CC1.I. The number of ether oxygens (including phenoxy) is 2. The lowest BCUT2D eigenvalue weighted by Crippen LogP contribution is -2.49. The minimum absolute atomic E-state index is 0. The number of halogens is 1. The standard InChI is InChI=1S/C18H37N5O3.HI/c1-5-19-18(21-14-17(24)20-8-12-25-4)22-16-6-9-23(10-7-16)11-13-26-15(2)3;/h15-16H,5-14H2,1-4H3,(H,20,24)(H2,19,21,22);1H. The highest BCUT2D eigenvalue weighted by Crippen LogP contribution is 2.10. The first kappa shape index (κ1) is 26.4. The summed E-state index contributed by atoms with van der Waals surface area (Å²) in [4.78, 5) is 18.6. The molecule has 0 aromatic heterocycles. The molecule has 1 aliphatic rings. The van der Waals surface area contributed by atoms with Crippen molar-refractivity contribution in [1.82, 2.24) is 20.9 Å². The molecule has 0 atom stereocenters. The summed E-state index contributed by atoms with van der Waals surface area (Å²) in [6.07, 6.45) is 2.41. The van der Waals surface area contributed by atoms with Gasteiger partial charge in [-0.25, -0.2) is 4.99 Å². The molecule has 0 saturated carbocycles. The number of likely N-dealkylation sites (tertiary alicyclic amines) is 1. The maximum atomic E-state index is 11.8. The third-order valence-electron chi connectivity index (χ3n) is 4.14. The molecule has 0 aliphatic carbocycles. The summed E-state index contributed by atoms with van der Waals surface area (Å²) in [7, 11) is 1.61. The van der Waals surface area contributed by atoms with E-state index in [0.29, 0.717) is 31.3 Å². The minimum Gasteiger partial charge on any atom is -0.383 e. The number of nitrogens with zero attached hydrogens (tertiary/aromatic N) is 2. The van der Waals surface area contributed by atoms with Crippen LogP contribution < -0.4 is 16.0 Å². The third kappa shape index (κ3) is 13.2. The number of nitrogens with one attached hydrogen (secondary N) is 3. The van der Waals surface area contributed by atoms with Crippen LogP contribution in [0.3, 0.4) is 0 Å². The largest absolute Gasteiger partial charge is 0.383 e. The van der Waals surface area contributed by atoms with Gasteiger partial charge in [0.25, 0.3) is 0 Å². The zero-order chi connectivity index (χ0) is 19.2. The number of hydrogen-bond donors (Lipinski definition) is 3. The predicted molar refractivity (Wildman–Crippen MR) is 120 cm³/mol. The van der Waals surface area contributed by atoms with Crippen LogP contribution in [0.5, 0.6) is 0 Å². The summed E-state index contributed by atoms with van der Waals surface area (Å²) in [5.74, 6) is 0.607. The second-order valence-electron chi connectivity index (χ2n) is 6.72. The fourth-order valence-electron chi connectivity index (χ4n) is 2.73. The summed E-state index contributed by atoms with van der Waals surface area (Å²) in [6, 6.07) is 0.381. The molecule has 1 rings (SSSR count). The fraction of sp³-hybridized carbons (Fsp3) is 0.889. The maximum absolute atomic E-state index is 11.8. The molecule has 1 fully saturated rings. The highest BCUT2D eigenvalue weighted by molar-refractivity contribution is 14.0. The molecule has 1 aliphatic heterocycles. The summed E-state index contributed by atoms with van der Waals surface area (Å²) in [5.41, 5.74) is 0. The van der Waals surface area contributed by atoms with Crippen molar-refractivity contribution in [2.45, 2.75) is 45.8 Å². The number of piperidine rings is 1. The Labute approximate surface area is 181 Å². The number of hydrogen-bond acceptors (Lipinski definition) is 5. The van der Waals surface area contributed by atoms with Crippen molar-refractivity contribution in [3.63, 3.8) is 0 Å². The van der Waals surface area contributed by atoms with Crippen molar-refractivity contribution in [1.29, 1.82) is 0 Å². The number of methoxy groups -OCH3 is 1. The van der Waals surface area contributed by atoms with Crippen LogP contribution in [-0.2, 0) is 14.3 Å². The van der Waals surface area contributed by atoms with Crippen molar-refractivity contribution in [2.75, 3.05) is 59.6 Å². The molecule has 1 amide bonds. The van der Waals surface area contributed by atoms with E-state index in [1.54, 1.807) is 7.11 Å². The minimum atomic E-state index is -0.0979. The fourth-order valence-corrected chi connectivity index (χ4v) is 2.73. The van der Waals surface area contributed by atoms with Crippen molar-refractivity contribution in [3.8, 4) is 0 Å². The van der Waals surface area contributed by atoms with Crippen molar-refractivity contribution in [2.24, 2.45) is 4.99 Å². The zero-order valence-corrected chi connectivity index (χ0v) is 19.6. The molecular weight excluding hydrogens is 461 g/mol. The zero-order valence-electron chi connectivity index (χ0n) is 17.3. The molecule has 0 unspecified atom stereocenters. The van der Waals surface area contributed by atoms with Crippen LogP contribution in [-0.4, -0.2) is 88.5 Å². The molecule has 1 heterocycles. The summed E-state index contributed by atoms with van der Waals surface area (Å²) in [6.45, 7) is 11.9. The first-order chi connectivity index (χ1) is 12.5. The van der Waals surface area contributed by atoms with Gasteiger partial charge in [0.05, 0.1) is 19.3 Å². The van der Waals surface area contributed by atoms with Crippen LogP contribution in [0.1, 0.15) is 33.6 Å². The van der Waals surface area contributed by atoms with Crippen molar-refractivity contribution >= 4 is 35.8 Å². The topological polar surface area (TPSA) is 87.2 Å². The Kier molecular flexibility index (Phi) is 15.9. The van der Waals surface area contributed by atoms with Crippen LogP contribution in [0.15, 0.2) is 4.99 Å². The maximum Gasteiger partial charge on any atom is 0.241 e. The molecule has 3 N–H and O–H groups in total. The quantitative estimate of drug-likeness (QED) is 0.169. The van der Waals surface area contributed by atoms with E-state index in [0.717, 1.165) is 45.6 Å². The molecule has 0 radical (unpaired) electrons. The molecule has 0 aromatic carbocycles. The van der Waals surface area contributed by atoms with Gasteiger partial charge in [0.2, 0.25) is 5.91 Å². The van der Waals surface area contributed by atoms with Crippen molar-refractivity contribution < 1.29 is 14.3 Å². The highest BCUT2D eigenvalue weighted by atomic mass is 127. The Bertz CT molecular complexity index is 416. The molecule has 0 bridgehead atoms. The smallest absolute Gasteiger partial charge is 0.241 e. The van der Waals surface area contributed by atoms with Gasteiger partial charge in [-0.15, -0.1) is 24.0 Å². The predicted octanol–water partition coefficient (Wildman–Crippen LogP) is 0.812. The number of rotatable bonds is 11. The van der Waals surface area contributed by atoms with E-state index in [9.17, 15) is 4.79 Å². The van der Waals surface area contributed by atoms with E-state index in [2.05, 4.69) is 39.7 Å². The summed E-state index contributed by atoms with van der Waals surface area (Å²) < 4.78 is 10.5. The van der Waals surface area contributed by atoms with Gasteiger partial charge >= 0.3 is 0 Å². The monoisotopic (exact) mass is 499 g/mol. The van der Waals surface area contributed by atoms with Crippen LogP contribution in [0.25, 0.3) is 0 Å². The van der Waals surface area contributed by atoms with Crippen molar-refractivity contribution in [3.05, 3.63) is 0 Å². The van der Waals surface area contributed by atoms with E-state index in [1.165, 1.54) is 0 Å². The lowest BCUT2D eigenvalue weighted by atomic mass is 10.1. The second-order valence-corrected chi connectivity index (χ2v) is 6.72. The van der Waals surface area contributed by atoms with Crippen LogP contribution >= 0.6 is 24.0 Å². The molecule has 0 aromatic rings. The first-order valence-corrected chi connectivity index (χ1v) is 9.69. The molecule has 8 nitrogen and oxygen atoms in total. The number of amides is 1. The van der Waals surface area contributed by atoms with E-state index in [-0.39, 0.29) is 36.4 Å². The Balaban J connectivity index is 0.00000676. The van der Waals surface area contributed by atoms with Gasteiger partial charge in [0.15, 0.2) is 5.96 Å². The number of aliphatic imine (C=N–C) groups is 1. The van der Waals surface area contributed by atoms with E-state index >= 15 is 0 Å². The Morgan fingerprint density at radius 1 is 1.22 bits per heavy atom. The Hall–Kier alpha value is -0.650. The number of guanidine groups is 1. The second kappa shape index (κ2) is 16.3. The van der Waals surface area contributed by atoms with Gasteiger partial charge in [-0.05, 0) is 33.6 Å². The van der Waals surface area contributed by atoms with Gasteiger partial charge in [-0.3, -0.25) is 4.79 Å². The van der Waals surface area contributed by atoms with Crippen LogP contribution in [0.4, 0.5) is 0 Å². The number of carbonyl (C=O) groups excluding carboxylic acids is 1. The van der Waals surface area contributed by atoms with Gasteiger partial charge < -0.3 is 30.3 Å². The van der Waals surface area contributed by atoms with Gasteiger partial charge in [0, 0.05) is 45.9 Å².